The Morgan fingerprint density at radius 3 is 2.69 bits per heavy atom. The van der Waals surface area contributed by atoms with Gasteiger partial charge in [0.05, 0.1) is 15.2 Å². The standard InChI is InChI=1S/C8H8BrNO2S/c1-5(11)10-4-6(12)7-2-3-8(9)13-7/h2-3H,4H2,1H3,(H,10,11). The number of nitrogens with one attached hydrogen (secondary N) is 1. The summed E-state index contributed by atoms with van der Waals surface area (Å²) in [6.07, 6.45) is 0. The minimum Gasteiger partial charge on any atom is -0.349 e. The summed E-state index contributed by atoms with van der Waals surface area (Å²) in [4.78, 5) is 22.5. The van der Waals surface area contributed by atoms with Crippen LogP contribution in [0.5, 0.6) is 0 Å². The van der Waals surface area contributed by atoms with Gasteiger partial charge in [-0.05, 0) is 28.1 Å². The van der Waals surface area contributed by atoms with Crippen molar-refractivity contribution in [2.24, 2.45) is 0 Å². The van der Waals surface area contributed by atoms with Crippen molar-refractivity contribution in [2.75, 3.05) is 6.54 Å². The van der Waals surface area contributed by atoms with Crippen LogP contribution in [-0.2, 0) is 4.79 Å². The van der Waals surface area contributed by atoms with E-state index in [4.69, 9.17) is 0 Å². The summed E-state index contributed by atoms with van der Waals surface area (Å²) in [5, 5.41) is 2.46. The van der Waals surface area contributed by atoms with Crippen molar-refractivity contribution in [3.05, 3.63) is 20.8 Å². The predicted octanol–water partition coefficient (Wildman–Crippen LogP) is 1.83. The molecule has 1 aromatic heterocycles. The van der Waals surface area contributed by atoms with Crippen molar-refractivity contribution in [3.8, 4) is 0 Å². The lowest BCUT2D eigenvalue weighted by atomic mass is 10.3. The topological polar surface area (TPSA) is 46.2 Å². The maximum Gasteiger partial charge on any atom is 0.217 e. The third kappa shape index (κ3) is 3.28. The Balaban J connectivity index is 2.54. The molecule has 1 aromatic rings. The number of halogens is 1. The molecule has 1 N–H and O–H groups in total. The number of ketones is 1. The number of hydrogen-bond donors (Lipinski definition) is 1. The molecule has 0 bridgehead atoms. The van der Waals surface area contributed by atoms with Crippen molar-refractivity contribution in [1.29, 1.82) is 0 Å². The number of carbonyl (C=O) groups is 2. The summed E-state index contributed by atoms with van der Waals surface area (Å²) in [6.45, 7) is 1.46. The minimum absolute atomic E-state index is 0.0640. The highest BCUT2D eigenvalue weighted by atomic mass is 79.9. The second-order valence-electron chi connectivity index (χ2n) is 2.44. The van der Waals surface area contributed by atoms with Gasteiger partial charge >= 0.3 is 0 Å². The van der Waals surface area contributed by atoms with Gasteiger partial charge in [-0.3, -0.25) is 9.59 Å². The molecule has 0 aliphatic rings. The van der Waals surface area contributed by atoms with E-state index in [0.29, 0.717) is 4.88 Å². The molecule has 0 saturated carbocycles. The fourth-order valence-corrected chi connectivity index (χ4v) is 2.08. The quantitative estimate of drug-likeness (QED) is 0.845. The largest absolute Gasteiger partial charge is 0.349 e. The third-order valence-corrected chi connectivity index (χ3v) is 3.01. The van der Waals surface area contributed by atoms with E-state index in [9.17, 15) is 9.59 Å². The van der Waals surface area contributed by atoms with Crippen LogP contribution in [0.25, 0.3) is 0 Å². The van der Waals surface area contributed by atoms with Crippen LogP contribution in [0, 0.1) is 0 Å². The van der Waals surface area contributed by atoms with E-state index in [-0.39, 0.29) is 18.2 Å². The molecule has 0 aromatic carbocycles. The van der Waals surface area contributed by atoms with Gasteiger partial charge in [0.25, 0.3) is 0 Å². The van der Waals surface area contributed by atoms with E-state index in [1.54, 1.807) is 6.07 Å². The highest BCUT2D eigenvalue weighted by Crippen LogP contribution is 2.22. The van der Waals surface area contributed by atoms with Gasteiger partial charge in [0.15, 0.2) is 5.78 Å². The number of thiophene rings is 1. The van der Waals surface area contributed by atoms with Crippen molar-refractivity contribution in [1.82, 2.24) is 5.32 Å². The lowest BCUT2D eigenvalue weighted by Crippen LogP contribution is -2.26. The Morgan fingerprint density at radius 1 is 1.54 bits per heavy atom. The Hall–Kier alpha value is -0.680. The zero-order valence-corrected chi connectivity index (χ0v) is 9.37. The SMILES string of the molecule is CC(=O)NCC(=O)c1ccc(Br)s1. The first-order chi connectivity index (χ1) is 6.09. The van der Waals surface area contributed by atoms with Crippen molar-refractivity contribution in [2.45, 2.75) is 6.92 Å². The van der Waals surface area contributed by atoms with Crippen molar-refractivity contribution < 1.29 is 9.59 Å². The van der Waals surface area contributed by atoms with Gasteiger partial charge in [-0.15, -0.1) is 11.3 Å². The molecule has 0 unspecified atom stereocenters. The molecule has 1 rings (SSSR count). The zero-order chi connectivity index (χ0) is 9.84. The number of Topliss-reactive ketones (excluding diaryl/α,β-unsaturated/α-hetero) is 1. The molecule has 3 nitrogen and oxygen atoms in total. The van der Waals surface area contributed by atoms with E-state index in [0.717, 1.165) is 3.79 Å². The molecule has 0 radical (unpaired) electrons. The first kappa shape index (κ1) is 10.4. The van der Waals surface area contributed by atoms with Crippen molar-refractivity contribution in [3.63, 3.8) is 0 Å². The van der Waals surface area contributed by atoms with Gasteiger partial charge < -0.3 is 5.32 Å². The van der Waals surface area contributed by atoms with Gasteiger partial charge in [0.2, 0.25) is 5.91 Å². The van der Waals surface area contributed by atoms with Crippen LogP contribution in [0.15, 0.2) is 15.9 Å². The molecule has 0 atom stereocenters. The number of carbonyl (C=O) groups excluding carboxylic acids is 2. The summed E-state index contributed by atoms with van der Waals surface area (Å²) in [5.41, 5.74) is 0. The molecule has 1 amide bonds. The molecular weight excluding hydrogens is 254 g/mol. The summed E-state index contributed by atoms with van der Waals surface area (Å²) in [6, 6.07) is 3.55. The van der Waals surface area contributed by atoms with Crippen LogP contribution < -0.4 is 5.32 Å². The highest BCUT2D eigenvalue weighted by Gasteiger charge is 2.08. The van der Waals surface area contributed by atoms with Gasteiger partial charge in [-0.25, -0.2) is 0 Å². The van der Waals surface area contributed by atoms with Gasteiger partial charge in [-0.2, -0.15) is 0 Å². The molecular formula is C8H8BrNO2S. The van der Waals surface area contributed by atoms with E-state index < -0.39 is 0 Å². The first-order valence-electron chi connectivity index (χ1n) is 3.62. The molecule has 0 spiro atoms. The van der Waals surface area contributed by atoms with Crippen LogP contribution >= 0.6 is 27.3 Å². The van der Waals surface area contributed by atoms with E-state index in [2.05, 4.69) is 21.2 Å². The molecule has 13 heavy (non-hydrogen) atoms. The number of amides is 1. The van der Waals surface area contributed by atoms with Crippen LogP contribution in [0.1, 0.15) is 16.6 Å². The highest BCUT2D eigenvalue weighted by molar-refractivity contribution is 9.11. The third-order valence-electron chi connectivity index (χ3n) is 1.35. The van der Waals surface area contributed by atoms with E-state index in [1.807, 2.05) is 6.07 Å². The molecule has 0 aliphatic heterocycles. The molecule has 70 valence electrons. The lowest BCUT2D eigenvalue weighted by Gasteiger charge is -1.97. The Kier molecular flexibility index (Phi) is 3.62. The maximum absolute atomic E-state index is 11.3. The van der Waals surface area contributed by atoms with Gasteiger partial charge in [0.1, 0.15) is 0 Å². The number of rotatable bonds is 3. The zero-order valence-electron chi connectivity index (χ0n) is 6.96. The molecule has 0 aliphatic carbocycles. The average molecular weight is 262 g/mol. The molecule has 0 fully saturated rings. The first-order valence-corrected chi connectivity index (χ1v) is 5.23. The van der Waals surface area contributed by atoms with Crippen LogP contribution in [0.4, 0.5) is 0 Å². The van der Waals surface area contributed by atoms with E-state index >= 15 is 0 Å². The molecule has 5 heteroatoms. The lowest BCUT2D eigenvalue weighted by molar-refractivity contribution is -0.118. The van der Waals surface area contributed by atoms with Gasteiger partial charge in [0, 0.05) is 6.92 Å². The fourth-order valence-electron chi connectivity index (χ4n) is 0.756. The minimum atomic E-state index is -0.191. The summed E-state index contributed by atoms with van der Waals surface area (Å²) >= 11 is 4.62. The smallest absolute Gasteiger partial charge is 0.217 e. The normalized spacial score (nSPS) is 9.69. The fraction of sp³-hybridized carbons (Fsp3) is 0.250. The molecule has 1 heterocycles. The maximum atomic E-state index is 11.3. The van der Waals surface area contributed by atoms with E-state index in [1.165, 1.54) is 18.3 Å². The van der Waals surface area contributed by atoms with Crippen LogP contribution in [-0.4, -0.2) is 18.2 Å². The van der Waals surface area contributed by atoms with Crippen LogP contribution in [0.2, 0.25) is 0 Å². The number of hydrogen-bond acceptors (Lipinski definition) is 3. The predicted molar refractivity (Wildman–Crippen MR) is 55.0 cm³/mol. The average Bonchev–Trinajstić information content (AvgIpc) is 2.47. The Labute approximate surface area is 88.3 Å². The van der Waals surface area contributed by atoms with Gasteiger partial charge in [-0.1, -0.05) is 0 Å². The molecule has 0 saturated heterocycles. The summed E-state index contributed by atoms with van der Waals surface area (Å²) < 4.78 is 0.915. The second kappa shape index (κ2) is 4.53. The van der Waals surface area contributed by atoms with Crippen molar-refractivity contribution >= 4 is 39.0 Å². The summed E-state index contributed by atoms with van der Waals surface area (Å²) in [5.74, 6) is -0.255. The summed E-state index contributed by atoms with van der Waals surface area (Å²) in [7, 11) is 0. The second-order valence-corrected chi connectivity index (χ2v) is 4.90. The monoisotopic (exact) mass is 261 g/mol. The Morgan fingerprint density at radius 2 is 2.23 bits per heavy atom. The van der Waals surface area contributed by atoms with Crippen LogP contribution in [0.3, 0.4) is 0 Å². The Bertz CT molecular complexity index is 335.